The largest absolute Gasteiger partial charge is 0.392 e. The summed E-state index contributed by atoms with van der Waals surface area (Å²) in [5.41, 5.74) is 2.65. The van der Waals surface area contributed by atoms with Crippen LogP contribution in [0.3, 0.4) is 0 Å². The van der Waals surface area contributed by atoms with Gasteiger partial charge in [-0.2, -0.15) is 5.48 Å². The van der Waals surface area contributed by atoms with Gasteiger partial charge in [0.15, 0.2) is 0 Å². The highest BCUT2D eigenvalue weighted by atomic mass is 16.6. The van der Waals surface area contributed by atoms with Crippen LogP contribution in [-0.4, -0.2) is 24.4 Å². The quantitative estimate of drug-likeness (QED) is 0.456. The van der Waals surface area contributed by atoms with Gasteiger partial charge < -0.3 is 9.94 Å². The van der Waals surface area contributed by atoms with E-state index in [1.807, 2.05) is 0 Å². The Morgan fingerprint density at radius 2 is 2.50 bits per heavy atom. The molecule has 1 saturated heterocycles. The molecule has 0 radical (unpaired) electrons. The maximum atomic E-state index is 8.95. The van der Waals surface area contributed by atoms with E-state index in [1.165, 1.54) is 0 Å². The summed E-state index contributed by atoms with van der Waals surface area (Å²) in [6.07, 6.45) is 1.60. The zero-order valence-corrected chi connectivity index (χ0v) is 4.76. The lowest BCUT2D eigenvalue weighted by Crippen LogP contribution is -2.22. The molecule has 2 N–H and O–H groups in total. The SMILES string of the molecule is OC1CCCONC1. The molecule has 8 heavy (non-hydrogen) atoms. The van der Waals surface area contributed by atoms with Crippen LogP contribution in [0.15, 0.2) is 0 Å². The van der Waals surface area contributed by atoms with Gasteiger partial charge in [0, 0.05) is 6.54 Å². The smallest absolute Gasteiger partial charge is 0.0688 e. The fourth-order valence-corrected chi connectivity index (χ4v) is 0.720. The normalized spacial score (nSPS) is 31.9. The third-order valence-corrected chi connectivity index (χ3v) is 1.20. The molecule has 0 aromatic heterocycles. The summed E-state index contributed by atoms with van der Waals surface area (Å²) in [5.74, 6) is 0. The highest BCUT2D eigenvalue weighted by Gasteiger charge is 2.06. The van der Waals surface area contributed by atoms with E-state index in [4.69, 9.17) is 9.94 Å². The lowest BCUT2D eigenvalue weighted by Gasteiger charge is -2.02. The van der Waals surface area contributed by atoms with E-state index in [1.54, 1.807) is 0 Å². The first-order valence-corrected chi connectivity index (χ1v) is 2.92. The standard InChI is InChI=1S/C5H11NO2/c7-5-2-1-3-8-6-4-5/h5-7H,1-4H2. The predicted molar refractivity (Wildman–Crippen MR) is 29.2 cm³/mol. The van der Waals surface area contributed by atoms with Crippen LogP contribution in [0.4, 0.5) is 0 Å². The molecule has 1 aliphatic heterocycles. The molecule has 0 aliphatic carbocycles. The first-order valence-electron chi connectivity index (χ1n) is 2.92. The summed E-state index contributed by atoms with van der Waals surface area (Å²) < 4.78 is 0. The van der Waals surface area contributed by atoms with Gasteiger partial charge in [-0.25, -0.2) is 0 Å². The summed E-state index contributed by atoms with van der Waals surface area (Å²) in [6.45, 7) is 1.29. The second-order valence-electron chi connectivity index (χ2n) is 1.99. The molecule has 0 amide bonds. The van der Waals surface area contributed by atoms with E-state index in [9.17, 15) is 0 Å². The van der Waals surface area contributed by atoms with Crippen molar-refractivity contribution in [2.45, 2.75) is 18.9 Å². The van der Waals surface area contributed by atoms with Gasteiger partial charge in [0.1, 0.15) is 0 Å². The Morgan fingerprint density at radius 3 is 3.38 bits per heavy atom. The first kappa shape index (κ1) is 6.01. The van der Waals surface area contributed by atoms with E-state index >= 15 is 0 Å². The molecule has 1 heterocycles. The monoisotopic (exact) mass is 117 g/mol. The number of aliphatic hydroxyl groups excluding tert-OH is 1. The van der Waals surface area contributed by atoms with E-state index in [0.717, 1.165) is 19.4 Å². The Bertz CT molecular complexity index is 59.4. The number of hydrogen-bond acceptors (Lipinski definition) is 3. The van der Waals surface area contributed by atoms with Gasteiger partial charge in [-0.05, 0) is 12.8 Å². The summed E-state index contributed by atoms with van der Waals surface area (Å²) in [5, 5.41) is 8.95. The summed E-state index contributed by atoms with van der Waals surface area (Å²) >= 11 is 0. The van der Waals surface area contributed by atoms with Crippen LogP contribution in [0, 0.1) is 0 Å². The molecular formula is C5H11NO2. The highest BCUT2D eigenvalue weighted by Crippen LogP contribution is 1.98. The van der Waals surface area contributed by atoms with E-state index < -0.39 is 0 Å². The van der Waals surface area contributed by atoms with Crippen molar-refractivity contribution in [1.82, 2.24) is 5.48 Å². The molecule has 0 aromatic carbocycles. The van der Waals surface area contributed by atoms with Crippen LogP contribution < -0.4 is 5.48 Å². The molecule has 1 unspecified atom stereocenters. The van der Waals surface area contributed by atoms with Gasteiger partial charge in [0.2, 0.25) is 0 Å². The average Bonchev–Trinajstić information content (AvgIpc) is 1.94. The fourth-order valence-electron chi connectivity index (χ4n) is 0.720. The molecule has 3 heteroatoms. The van der Waals surface area contributed by atoms with Crippen molar-refractivity contribution in [2.24, 2.45) is 0 Å². The minimum absolute atomic E-state index is 0.211. The number of β-amino-alcohol motifs (C(OH)–C–C–N with tert-alkyl or cyclic N) is 1. The van der Waals surface area contributed by atoms with Crippen LogP contribution in [0.1, 0.15) is 12.8 Å². The summed E-state index contributed by atoms with van der Waals surface area (Å²) in [7, 11) is 0. The van der Waals surface area contributed by atoms with Crippen LogP contribution in [0.5, 0.6) is 0 Å². The Kier molecular flexibility index (Phi) is 2.27. The average molecular weight is 117 g/mol. The Hall–Kier alpha value is -0.120. The molecular weight excluding hydrogens is 106 g/mol. The van der Waals surface area contributed by atoms with Crippen molar-refractivity contribution in [3.05, 3.63) is 0 Å². The Morgan fingerprint density at radius 1 is 1.62 bits per heavy atom. The Balaban J connectivity index is 2.17. The molecule has 0 spiro atoms. The third-order valence-electron chi connectivity index (χ3n) is 1.20. The molecule has 48 valence electrons. The van der Waals surface area contributed by atoms with Crippen molar-refractivity contribution in [1.29, 1.82) is 0 Å². The second-order valence-corrected chi connectivity index (χ2v) is 1.99. The lowest BCUT2D eigenvalue weighted by atomic mass is 10.2. The minimum Gasteiger partial charge on any atom is -0.392 e. The predicted octanol–water partition coefficient (Wildman–Crippen LogP) is -0.338. The van der Waals surface area contributed by atoms with Gasteiger partial charge in [-0.15, -0.1) is 0 Å². The Labute approximate surface area is 48.6 Å². The van der Waals surface area contributed by atoms with Crippen molar-refractivity contribution in [3.63, 3.8) is 0 Å². The van der Waals surface area contributed by atoms with Gasteiger partial charge in [0.05, 0.1) is 12.7 Å². The highest BCUT2D eigenvalue weighted by molar-refractivity contribution is 4.57. The van der Waals surface area contributed by atoms with Crippen molar-refractivity contribution < 1.29 is 9.94 Å². The number of hydrogen-bond donors (Lipinski definition) is 2. The van der Waals surface area contributed by atoms with E-state index in [2.05, 4.69) is 5.48 Å². The fraction of sp³-hybridized carbons (Fsp3) is 1.00. The molecule has 0 bridgehead atoms. The summed E-state index contributed by atoms with van der Waals surface area (Å²) in [4.78, 5) is 4.85. The third kappa shape index (κ3) is 1.78. The molecule has 0 saturated carbocycles. The molecule has 1 atom stereocenters. The van der Waals surface area contributed by atoms with Crippen LogP contribution in [0.25, 0.3) is 0 Å². The van der Waals surface area contributed by atoms with Crippen molar-refractivity contribution >= 4 is 0 Å². The molecule has 1 aliphatic rings. The van der Waals surface area contributed by atoms with Gasteiger partial charge in [-0.1, -0.05) is 0 Å². The number of nitrogens with one attached hydrogen (secondary N) is 1. The van der Waals surface area contributed by atoms with Gasteiger partial charge >= 0.3 is 0 Å². The first-order chi connectivity index (χ1) is 3.89. The molecule has 1 fully saturated rings. The molecule has 3 nitrogen and oxygen atoms in total. The van der Waals surface area contributed by atoms with Gasteiger partial charge in [-0.3, -0.25) is 0 Å². The van der Waals surface area contributed by atoms with Crippen LogP contribution in [-0.2, 0) is 4.84 Å². The molecule has 0 aromatic rings. The van der Waals surface area contributed by atoms with Crippen LogP contribution in [0.2, 0.25) is 0 Å². The maximum Gasteiger partial charge on any atom is 0.0688 e. The maximum absolute atomic E-state index is 8.95. The summed E-state index contributed by atoms with van der Waals surface area (Å²) in [6, 6.07) is 0. The topological polar surface area (TPSA) is 41.5 Å². The number of aliphatic hydroxyl groups is 1. The van der Waals surface area contributed by atoms with E-state index in [-0.39, 0.29) is 6.10 Å². The van der Waals surface area contributed by atoms with Crippen molar-refractivity contribution in [3.8, 4) is 0 Å². The van der Waals surface area contributed by atoms with Crippen molar-refractivity contribution in [2.75, 3.05) is 13.2 Å². The number of rotatable bonds is 0. The number of hydroxylamine groups is 1. The molecule has 1 rings (SSSR count). The lowest BCUT2D eigenvalue weighted by molar-refractivity contribution is 0.0397. The minimum atomic E-state index is -0.211. The van der Waals surface area contributed by atoms with E-state index in [0.29, 0.717) is 6.54 Å². The zero-order chi connectivity index (χ0) is 5.82. The van der Waals surface area contributed by atoms with Gasteiger partial charge in [0.25, 0.3) is 0 Å². The van der Waals surface area contributed by atoms with Crippen LogP contribution >= 0.6 is 0 Å². The zero-order valence-electron chi connectivity index (χ0n) is 4.76. The second kappa shape index (κ2) is 3.02.